The first-order valence-corrected chi connectivity index (χ1v) is 17.1. The number of sulfonamides is 1. The summed E-state index contributed by atoms with van der Waals surface area (Å²) >= 11 is 12.9. The Balaban J connectivity index is 0.00000278. The molecule has 3 aromatic rings. The number of fused-ring (bicyclic) bond motifs is 1. The van der Waals surface area contributed by atoms with E-state index in [1.165, 1.54) is 18.2 Å². The van der Waals surface area contributed by atoms with E-state index in [4.69, 9.17) is 28.0 Å². The minimum Gasteiger partial charge on any atom is -0.536 e. The van der Waals surface area contributed by atoms with Crippen molar-refractivity contribution in [3.63, 3.8) is 0 Å². The van der Waals surface area contributed by atoms with Crippen LogP contribution in [-0.4, -0.2) is 49.8 Å². The summed E-state index contributed by atoms with van der Waals surface area (Å²) in [6.45, 7) is -0.319. The molecule has 1 fully saturated rings. The van der Waals surface area contributed by atoms with Crippen molar-refractivity contribution in [2.75, 3.05) is 6.26 Å². The number of hydroxylamine groups is 1. The third-order valence-electron chi connectivity index (χ3n) is 8.22. The van der Waals surface area contributed by atoms with Crippen LogP contribution in [0.3, 0.4) is 0 Å². The normalized spacial score (nSPS) is 20.5. The van der Waals surface area contributed by atoms with E-state index in [2.05, 4.69) is 10.2 Å². The Labute approximate surface area is 378 Å². The topological polar surface area (TPSA) is 155 Å². The van der Waals surface area contributed by atoms with Gasteiger partial charge in [0.25, 0.3) is 11.8 Å². The van der Waals surface area contributed by atoms with Crippen LogP contribution in [0.4, 0.5) is 8.78 Å². The zero-order valence-corrected chi connectivity index (χ0v) is 35.7. The van der Waals surface area contributed by atoms with Crippen molar-refractivity contribution in [2.24, 2.45) is 0 Å². The van der Waals surface area contributed by atoms with Crippen LogP contribution in [0.25, 0.3) is 0 Å². The fourth-order valence-electron chi connectivity index (χ4n) is 6.30. The molecule has 0 bridgehead atoms. The summed E-state index contributed by atoms with van der Waals surface area (Å²) in [6.07, 6.45) is 4.17. The van der Waals surface area contributed by atoms with Gasteiger partial charge in [-0.05, 0) is 53.3 Å². The van der Waals surface area contributed by atoms with Crippen LogP contribution in [0.15, 0.2) is 66.7 Å². The smallest absolute Gasteiger partial charge is 0.536 e. The molecule has 5 rings (SSSR count). The Kier molecular flexibility index (Phi) is 17.7. The molecule has 17 heteroatoms. The molecule has 5 N–H and O–H groups in total. The van der Waals surface area contributed by atoms with Crippen molar-refractivity contribution in [3.8, 4) is 0 Å². The first-order valence-electron chi connectivity index (χ1n) is 14.4. The molecule has 4 atom stereocenters. The summed E-state index contributed by atoms with van der Waals surface area (Å²) in [4.78, 5) is 46.2. The van der Waals surface area contributed by atoms with E-state index < -0.39 is 57.4 Å². The number of nitrogens with zero attached hydrogens (tertiary/aromatic N) is 1. The van der Waals surface area contributed by atoms with Crippen molar-refractivity contribution in [2.45, 2.75) is 62.3 Å². The van der Waals surface area contributed by atoms with Gasteiger partial charge in [0, 0.05) is 27.7 Å². The monoisotopic (exact) mass is 789 g/mol. The Bertz CT molecular complexity index is 1770. The Hall–Kier alpha value is -0.187. The van der Waals surface area contributed by atoms with Gasteiger partial charge < -0.3 is 15.2 Å². The Morgan fingerprint density at radius 3 is 2.39 bits per heavy atom. The zero-order valence-electron chi connectivity index (χ0n) is 27.1. The molecule has 1 saturated carbocycles. The molecular weight excluding hydrogens is 758 g/mol. The largest absolute Gasteiger partial charge is 1.00 e. The van der Waals surface area contributed by atoms with Gasteiger partial charge in [0.15, 0.2) is 5.92 Å². The molecule has 2 aliphatic rings. The zero-order chi connectivity index (χ0) is 33.2. The van der Waals surface area contributed by atoms with E-state index in [0.717, 1.165) is 31.2 Å². The quantitative estimate of drug-likeness (QED) is 0.112. The molecule has 1 heterocycles. The minimum atomic E-state index is -3.81. The molecule has 0 spiro atoms. The molecule has 1 aliphatic carbocycles. The predicted molar refractivity (Wildman–Crippen MR) is 172 cm³/mol. The van der Waals surface area contributed by atoms with Crippen molar-refractivity contribution in [3.05, 3.63) is 105 Å². The number of halogens is 4. The average molecular weight is 791 g/mol. The van der Waals surface area contributed by atoms with Gasteiger partial charge in [-0.15, -0.1) is 0 Å². The molecule has 0 saturated heterocycles. The van der Waals surface area contributed by atoms with E-state index in [9.17, 15) is 31.6 Å². The standard InChI is InChI=1S/C32H30Cl2F2N3O6S.2K.H2O/c1-46(43,44)38-26-11-4-5-12-27(26)39-29(24-14-13-21(33)16-25(24)34)28(22-9-2-3-10-23(22)31(39)42)30(41)37-45-17-19-7-6-8-20(15-19)32(35,36)18-40;;;/h2-3,6-10,13-16,26-29,38H,4-5,11-12,17H2,1H3,(H,37,41);;;1H2/q-1;2*+1;/p+1/t26-,27-,28+,29-;;;/m0.../s1. The predicted octanol–water partition coefficient (Wildman–Crippen LogP) is -1.33. The van der Waals surface area contributed by atoms with Gasteiger partial charge in [0.05, 0.1) is 24.8 Å². The molecule has 0 aromatic heterocycles. The summed E-state index contributed by atoms with van der Waals surface area (Å²) in [7, 11) is -3.65. The van der Waals surface area contributed by atoms with Crippen LogP contribution in [0.5, 0.6) is 0 Å². The molecule has 0 radical (unpaired) electrons. The maximum Gasteiger partial charge on any atom is 1.00 e. The van der Waals surface area contributed by atoms with Gasteiger partial charge in [-0.2, -0.15) is 6.29 Å². The van der Waals surface area contributed by atoms with E-state index in [1.807, 2.05) is 0 Å². The molecular formula is C32H33Cl2F2K2N3O7S+2. The second-order valence-electron chi connectivity index (χ2n) is 11.4. The Morgan fingerprint density at radius 1 is 1.02 bits per heavy atom. The number of rotatable bonds is 10. The van der Waals surface area contributed by atoms with Gasteiger partial charge in [0.1, 0.15) is 0 Å². The SMILES string of the molecule is CS(=O)(=O)N[C@H]1CCCC[C@@H]1N1C(=O)c2ccccc2[C@@H](C(=O)NOCc2cccc(C(F)(F)[C-]=O)c2)[C@@H]1c1ccc(Cl)cc1Cl.[K+].[K+].[OH3+]. The summed E-state index contributed by atoms with van der Waals surface area (Å²) in [5, 5.41) is 0.531. The van der Waals surface area contributed by atoms with Gasteiger partial charge in [-0.3, -0.25) is 14.4 Å². The van der Waals surface area contributed by atoms with Gasteiger partial charge in [-0.25, -0.2) is 27.4 Å². The molecule has 10 nitrogen and oxygen atoms in total. The molecule has 3 aromatic carbocycles. The van der Waals surface area contributed by atoms with Crippen LogP contribution in [-0.2, 0) is 42.5 Å². The van der Waals surface area contributed by atoms with Crippen LogP contribution in [0.1, 0.15) is 70.3 Å². The van der Waals surface area contributed by atoms with Crippen LogP contribution in [0, 0.1) is 0 Å². The number of amides is 2. The van der Waals surface area contributed by atoms with Crippen LogP contribution >= 0.6 is 23.2 Å². The Morgan fingerprint density at radius 2 is 1.71 bits per heavy atom. The first kappa shape index (κ1) is 45.0. The number of carbonyl (C=O) groups excluding carboxylic acids is 3. The van der Waals surface area contributed by atoms with E-state index in [-0.39, 0.29) is 131 Å². The number of nitrogens with one attached hydrogen (secondary N) is 2. The maximum atomic E-state index is 14.3. The molecule has 0 unspecified atom stereocenters. The van der Waals surface area contributed by atoms with E-state index >= 15 is 0 Å². The van der Waals surface area contributed by atoms with E-state index in [0.29, 0.717) is 35.3 Å². The number of alkyl halides is 2. The van der Waals surface area contributed by atoms with Crippen LogP contribution in [0.2, 0.25) is 10.0 Å². The summed E-state index contributed by atoms with van der Waals surface area (Å²) < 4.78 is 55.2. The van der Waals surface area contributed by atoms with Crippen LogP contribution < -0.4 is 113 Å². The minimum absolute atomic E-state index is 0. The number of hydrogen-bond acceptors (Lipinski definition) is 6. The summed E-state index contributed by atoms with van der Waals surface area (Å²) in [5.41, 5.74) is 3.15. The van der Waals surface area contributed by atoms with Gasteiger partial charge in [0.2, 0.25) is 10.0 Å². The summed E-state index contributed by atoms with van der Waals surface area (Å²) in [5.74, 6) is -5.95. The van der Waals surface area contributed by atoms with Crippen molar-refractivity contribution < 1.29 is 145 Å². The van der Waals surface area contributed by atoms with Gasteiger partial charge >= 0.3 is 103 Å². The van der Waals surface area contributed by atoms with E-state index in [1.54, 1.807) is 41.3 Å². The third kappa shape index (κ3) is 10.7. The summed E-state index contributed by atoms with van der Waals surface area (Å²) in [6, 6.07) is 14.0. The van der Waals surface area contributed by atoms with Crippen molar-refractivity contribution >= 4 is 51.3 Å². The molecule has 1 aliphatic heterocycles. The maximum absolute atomic E-state index is 14.3. The second-order valence-corrected chi connectivity index (χ2v) is 14.0. The average Bonchev–Trinajstić information content (AvgIpc) is 3.01. The molecule has 252 valence electrons. The second kappa shape index (κ2) is 19.2. The molecule has 2 amide bonds. The fraction of sp³-hybridized carbons (Fsp3) is 0.344. The molecule has 49 heavy (non-hydrogen) atoms. The number of hydrogen-bond donors (Lipinski definition) is 2. The first-order chi connectivity index (χ1) is 21.8. The van der Waals surface area contributed by atoms with Crippen molar-refractivity contribution in [1.82, 2.24) is 15.1 Å². The number of benzene rings is 3. The third-order valence-corrected chi connectivity index (χ3v) is 9.51. The fourth-order valence-corrected chi connectivity index (χ4v) is 7.64. The van der Waals surface area contributed by atoms with Gasteiger partial charge in [-0.1, -0.05) is 84.6 Å². The van der Waals surface area contributed by atoms with Crippen molar-refractivity contribution in [1.29, 1.82) is 0 Å². The number of carbonyl (C=O) groups is 2.